The Morgan fingerprint density at radius 2 is 2.12 bits per heavy atom. The van der Waals surface area contributed by atoms with Gasteiger partial charge >= 0.3 is 0 Å². The minimum Gasteiger partial charge on any atom is -0.310 e. The summed E-state index contributed by atoms with van der Waals surface area (Å²) in [6.07, 6.45) is 1.35. The Morgan fingerprint density at radius 1 is 1.44 bits per heavy atom. The SMILES string of the molecule is CCNC(c1cccc(C)c1)C1CC1(C)C. The van der Waals surface area contributed by atoms with E-state index in [4.69, 9.17) is 0 Å². The van der Waals surface area contributed by atoms with Crippen LogP contribution in [-0.2, 0) is 0 Å². The van der Waals surface area contributed by atoms with Crippen molar-refractivity contribution in [2.75, 3.05) is 6.54 Å². The van der Waals surface area contributed by atoms with Gasteiger partial charge in [0.15, 0.2) is 0 Å². The van der Waals surface area contributed by atoms with E-state index in [9.17, 15) is 0 Å². The third kappa shape index (κ3) is 2.30. The van der Waals surface area contributed by atoms with Crippen LogP contribution in [-0.4, -0.2) is 6.54 Å². The smallest absolute Gasteiger partial charge is 0.0353 e. The first kappa shape index (κ1) is 11.7. The van der Waals surface area contributed by atoms with Gasteiger partial charge in [0.25, 0.3) is 0 Å². The highest BCUT2D eigenvalue weighted by molar-refractivity contribution is 5.27. The summed E-state index contributed by atoms with van der Waals surface area (Å²) >= 11 is 0. The molecule has 0 amide bonds. The largest absolute Gasteiger partial charge is 0.310 e. The molecule has 0 aromatic heterocycles. The van der Waals surface area contributed by atoms with Gasteiger partial charge in [-0.2, -0.15) is 0 Å². The zero-order valence-corrected chi connectivity index (χ0v) is 10.9. The van der Waals surface area contributed by atoms with E-state index in [-0.39, 0.29) is 0 Å². The van der Waals surface area contributed by atoms with Gasteiger partial charge in [-0.15, -0.1) is 0 Å². The molecule has 88 valence electrons. The lowest BCUT2D eigenvalue weighted by molar-refractivity contribution is 0.423. The third-order valence-corrected chi connectivity index (χ3v) is 3.82. The molecule has 0 radical (unpaired) electrons. The fraction of sp³-hybridized carbons (Fsp3) is 0.600. The van der Waals surface area contributed by atoms with Gasteiger partial charge in [0.05, 0.1) is 0 Å². The van der Waals surface area contributed by atoms with E-state index < -0.39 is 0 Å². The van der Waals surface area contributed by atoms with Crippen LogP contribution < -0.4 is 5.32 Å². The maximum atomic E-state index is 3.64. The molecule has 16 heavy (non-hydrogen) atoms. The van der Waals surface area contributed by atoms with Crippen molar-refractivity contribution in [3.05, 3.63) is 35.4 Å². The van der Waals surface area contributed by atoms with Gasteiger partial charge in [-0.05, 0) is 36.8 Å². The Labute approximate surface area is 99.3 Å². The van der Waals surface area contributed by atoms with Gasteiger partial charge in [0.1, 0.15) is 0 Å². The van der Waals surface area contributed by atoms with Crippen LogP contribution >= 0.6 is 0 Å². The van der Waals surface area contributed by atoms with E-state index in [0.717, 1.165) is 12.5 Å². The molecule has 2 rings (SSSR count). The van der Waals surface area contributed by atoms with Crippen molar-refractivity contribution in [2.24, 2.45) is 11.3 Å². The van der Waals surface area contributed by atoms with Crippen LogP contribution in [0.25, 0.3) is 0 Å². The Morgan fingerprint density at radius 3 is 2.62 bits per heavy atom. The van der Waals surface area contributed by atoms with Crippen LogP contribution in [0.3, 0.4) is 0 Å². The minimum atomic E-state index is 0.524. The highest BCUT2D eigenvalue weighted by Gasteiger charge is 2.50. The second-order valence-corrected chi connectivity index (χ2v) is 5.75. The Bertz CT molecular complexity index is 367. The van der Waals surface area contributed by atoms with Crippen molar-refractivity contribution in [1.29, 1.82) is 0 Å². The predicted molar refractivity (Wildman–Crippen MR) is 69.5 cm³/mol. The second kappa shape index (κ2) is 4.21. The molecule has 1 nitrogen and oxygen atoms in total. The molecule has 2 atom stereocenters. The number of benzene rings is 1. The molecule has 2 unspecified atom stereocenters. The molecular weight excluding hydrogens is 194 g/mol. The zero-order valence-electron chi connectivity index (χ0n) is 10.9. The fourth-order valence-corrected chi connectivity index (χ4v) is 2.65. The second-order valence-electron chi connectivity index (χ2n) is 5.75. The number of hydrogen-bond acceptors (Lipinski definition) is 1. The first-order valence-electron chi connectivity index (χ1n) is 6.34. The summed E-state index contributed by atoms with van der Waals surface area (Å²) in [4.78, 5) is 0. The van der Waals surface area contributed by atoms with Crippen molar-refractivity contribution >= 4 is 0 Å². The van der Waals surface area contributed by atoms with Gasteiger partial charge < -0.3 is 5.32 Å². The van der Waals surface area contributed by atoms with Crippen LogP contribution in [0.2, 0.25) is 0 Å². The lowest BCUT2D eigenvalue weighted by atomic mass is 9.96. The predicted octanol–water partition coefficient (Wildman–Crippen LogP) is 3.69. The highest BCUT2D eigenvalue weighted by Crippen LogP contribution is 2.57. The first-order valence-corrected chi connectivity index (χ1v) is 6.34. The molecule has 0 heterocycles. The summed E-state index contributed by atoms with van der Waals surface area (Å²) in [6, 6.07) is 9.46. The van der Waals surface area contributed by atoms with E-state index in [1.807, 2.05) is 0 Å². The van der Waals surface area contributed by atoms with Crippen molar-refractivity contribution in [2.45, 2.75) is 40.2 Å². The Balaban J connectivity index is 2.20. The summed E-state index contributed by atoms with van der Waals surface area (Å²) in [6.45, 7) is 10.2. The summed E-state index contributed by atoms with van der Waals surface area (Å²) in [5.74, 6) is 0.800. The van der Waals surface area contributed by atoms with Crippen molar-refractivity contribution in [1.82, 2.24) is 5.32 Å². The van der Waals surface area contributed by atoms with E-state index in [0.29, 0.717) is 11.5 Å². The molecule has 1 aliphatic carbocycles. The Hall–Kier alpha value is -0.820. The molecule has 1 aromatic carbocycles. The van der Waals surface area contributed by atoms with Gasteiger partial charge in [0, 0.05) is 6.04 Å². The van der Waals surface area contributed by atoms with Gasteiger partial charge in [-0.3, -0.25) is 0 Å². The number of nitrogens with one attached hydrogen (secondary N) is 1. The van der Waals surface area contributed by atoms with Crippen LogP contribution in [0.4, 0.5) is 0 Å². The summed E-state index contributed by atoms with van der Waals surface area (Å²) in [5.41, 5.74) is 3.34. The van der Waals surface area contributed by atoms with Crippen LogP contribution in [0, 0.1) is 18.3 Å². The lowest BCUT2D eigenvalue weighted by Gasteiger charge is -2.20. The van der Waals surface area contributed by atoms with Crippen LogP contribution in [0.5, 0.6) is 0 Å². The monoisotopic (exact) mass is 217 g/mol. The molecule has 1 N–H and O–H groups in total. The van der Waals surface area contributed by atoms with Crippen molar-refractivity contribution < 1.29 is 0 Å². The molecular formula is C15H23N. The van der Waals surface area contributed by atoms with Crippen LogP contribution in [0.15, 0.2) is 24.3 Å². The molecule has 1 aliphatic rings. The molecule has 0 saturated heterocycles. The fourth-order valence-electron chi connectivity index (χ4n) is 2.65. The van der Waals surface area contributed by atoms with Crippen molar-refractivity contribution in [3.8, 4) is 0 Å². The first-order chi connectivity index (χ1) is 7.54. The van der Waals surface area contributed by atoms with Crippen molar-refractivity contribution in [3.63, 3.8) is 0 Å². The average Bonchev–Trinajstić information content (AvgIpc) is 2.84. The van der Waals surface area contributed by atoms with Gasteiger partial charge in [-0.1, -0.05) is 50.6 Å². The molecule has 0 aliphatic heterocycles. The van der Waals surface area contributed by atoms with E-state index >= 15 is 0 Å². The van der Waals surface area contributed by atoms with E-state index in [2.05, 4.69) is 57.3 Å². The number of hydrogen-bond donors (Lipinski definition) is 1. The maximum Gasteiger partial charge on any atom is 0.0353 e. The summed E-state index contributed by atoms with van der Waals surface area (Å²) in [7, 11) is 0. The normalized spacial score (nSPS) is 24.1. The summed E-state index contributed by atoms with van der Waals surface area (Å²) < 4.78 is 0. The zero-order chi connectivity index (χ0) is 11.8. The molecule has 0 bridgehead atoms. The number of rotatable bonds is 4. The van der Waals surface area contributed by atoms with E-state index in [1.54, 1.807) is 0 Å². The van der Waals surface area contributed by atoms with E-state index in [1.165, 1.54) is 17.5 Å². The molecule has 0 spiro atoms. The molecule has 1 aromatic rings. The lowest BCUT2D eigenvalue weighted by Crippen LogP contribution is -2.24. The van der Waals surface area contributed by atoms with Crippen LogP contribution in [0.1, 0.15) is 44.4 Å². The molecule has 1 fully saturated rings. The molecule has 1 heteroatoms. The Kier molecular flexibility index (Phi) is 3.07. The highest BCUT2D eigenvalue weighted by atomic mass is 14.9. The average molecular weight is 217 g/mol. The minimum absolute atomic E-state index is 0.524. The topological polar surface area (TPSA) is 12.0 Å². The molecule has 1 saturated carbocycles. The third-order valence-electron chi connectivity index (χ3n) is 3.82. The quantitative estimate of drug-likeness (QED) is 0.811. The standard InChI is InChI=1S/C15H23N/c1-5-16-14(13-10-15(13,3)4)12-8-6-7-11(2)9-12/h6-9,13-14,16H,5,10H2,1-4H3. The number of aryl methyl sites for hydroxylation is 1. The summed E-state index contributed by atoms with van der Waals surface area (Å²) in [5, 5.41) is 3.64. The van der Waals surface area contributed by atoms with Gasteiger partial charge in [0.2, 0.25) is 0 Å². The van der Waals surface area contributed by atoms with Gasteiger partial charge in [-0.25, -0.2) is 0 Å². The maximum absolute atomic E-state index is 3.64.